The lowest BCUT2D eigenvalue weighted by molar-refractivity contribution is -0.384. The molecule has 2 aromatic rings. The Morgan fingerprint density at radius 3 is 2.14 bits per heavy atom. The van der Waals surface area contributed by atoms with Crippen LogP contribution in [0.4, 0.5) is 25.8 Å². The number of nitro benzene ring substituents is 1. The zero-order valence-corrected chi connectivity index (χ0v) is 22.9. The molecule has 0 aliphatic rings. The van der Waals surface area contributed by atoms with E-state index < -0.39 is 53.1 Å². The van der Waals surface area contributed by atoms with Crippen molar-refractivity contribution in [2.24, 2.45) is 17.4 Å². The molecule has 0 aromatic heterocycles. The molecule has 42 heavy (non-hydrogen) atoms. The smallest absolute Gasteiger partial charge is 0.436 e. The Morgan fingerprint density at radius 2 is 1.60 bits per heavy atom. The first-order valence-corrected chi connectivity index (χ1v) is 12.6. The van der Waals surface area contributed by atoms with Crippen LogP contribution in [-0.4, -0.2) is 53.7 Å². The number of hydrogen-bond donors (Lipinski definition) is 5. The quantitative estimate of drug-likeness (QED) is 0.0708. The topological polar surface area (TPSA) is 244 Å². The summed E-state index contributed by atoms with van der Waals surface area (Å²) in [4.78, 5) is 70.0. The summed E-state index contributed by atoms with van der Waals surface area (Å²) >= 11 is 0. The van der Waals surface area contributed by atoms with Gasteiger partial charge in [-0.1, -0.05) is 26.0 Å². The van der Waals surface area contributed by atoms with Gasteiger partial charge >= 0.3 is 18.3 Å². The van der Waals surface area contributed by atoms with Gasteiger partial charge in [-0.3, -0.25) is 19.7 Å². The molecule has 0 saturated carbocycles. The second-order valence-corrected chi connectivity index (χ2v) is 9.17. The number of benzene rings is 2. The number of carbonyl (C=O) groups excluding carboxylic acids is 5. The van der Waals surface area contributed by atoms with Gasteiger partial charge in [0.25, 0.3) is 11.6 Å². The number of amides is 5. The number of nitrogens with zero attached hydrogens (tertiary/aromatic N) is 1. The predicted octanol–water partition coefficient (Wildman–Crippen LogP) is 2.30. The summed E-state index contributed by atoms with van der Waals surface area (Å²) in [6.45, 7) is 3.27. The highest BCUT2D eigenvalue weighted by molar-refractivity contribution is 5.98. The van der Waals surface area contributed by atoms with Gasteiger partial charge in [0.15, 0.2) is 6.10 Å². The normalized spacial score (nSPS) is 11.9. The molecule has 5 amide bonds. The molecule has 7 N–H and O–H groups in total. The molecule has 2 atom stereocenters. The average Bonchev–Trinajstić information content (AvgIpc) is 2.92. The minimum absolute atomic E-state index is 0.0663. The van der Waals surface area contributed by atoms with Crippen LogP contribution in [0.1, 0.15) is 32.3 Å². The average molecular weight is 589 g/mol. The van der Waals surface area contributed by atoms with Crippen molar-refractivity contribution in [1.82, 2.24) is 10.6 Å². The van der Waals surface area contributed by atoms with Gasteiger partial charge in [-0.15, -0.1) is 0 Å². The monoisotopic (exact) mass is 588 g/mol. The zero-order valence-electron chi connectivity index (χ0n) is 22.9. The molecule has 2 rings (SSSR count). The third-order valence-electron chi connectivity index (χ3n) is 5.54. The number of non-ortho nitro benzene ring substituents is 1. The molecule has 0 radical (unpaired) electrons. The van der Waals surface area contributed by atoms with Crippen LogP contribution in [-0.2, 0) is 25.7 Å². The third kappa shape index (κ3) is 11.4. The van der Waals surface area contributed by atoms with E-state index >= 15 is 0 Å². The van der Waals surface area contributed by atoms with Gasteiger partial charge in [-0.25, -0.2) is 14.4 Å². The van der Waals surface area contributed by atoms with Gasteiger partial charge in [0.05, 0.1) is 4.92 Å². The number of nitro groups is 1. The molecular formula is C26H32N6O10. The molecule has 2 aromatic carbocycles. The van der Waals surface area contributed by atoms with E-state index in [0.29, 0.717) is 11.3 Å². The molecule has 0 aliphatic heterocycles. The SMILES string of the molecule is CC(C)[C@H](OC(N)=O)C(=O)N[C@@H](CCCNC(N)=O)C(=O)Nc1ccc(COC(=O)Oc2ccc([N+](=O)[O-])cc2)cc1. The van der Waals surface area contributed by atoms with Crippen LogP contribution in [0.25, 0.3) is 0 Å². The molecule has 0 spiro atoms. The Morgan fingerprint density at radius 1 is 0.952 bits per heavy atom. The Balaban J connectivity index is 1.97. The van der Waals surface area contributed by atoms with Crippen LogP contribution in [0.3, 0.4) is 0 Å². The van der Waals surface area contributed by atoms with Gasteiger partial charge in [0.1, 0.15) is 18.4 Å². The predicted molar refractivity (Wildman–Crippen MR) is 147 cm³/mol. The van der Waals surface area contributed by atoms with Crippen molar-refractivity contribution >= 4 is 41.5 Å². The van der Waals surface area contributed by atoms with E-state index in [1.54, 1.807) is 38.1 Å². The van der Waals surface area contributed by atoms with Crippen molar-refractivity contribution in [2.45, 2.75) is 45.4 Å². The van der Waals surface area contributed by atoms with Crippen molar-refractivity contribution in [3.63, 3.8) is 0 Å². The number of nitrogens with one attached hydrogen (secondary N) is 3. The molecule has 0 bridgehead atoms. The minimum atomic E-state index is -1.23. The standard InChI is InChI=1S/C26H32N6O10/c1-15(2)21(42-25(28)36)23(34)31-20(4-3-13-29-24(27)35)22(33)30-17-7-5-16(6-8-17)14-40-26(37)41-19-11-9-18(10-12-19)32(38)39/h5-12,15,20-21H,3-4,13-14H2,1-2H3,(H2,28,36)(H,30,33)(H,31,34)(H3,27,29,35)/t20-,21-/m0/s1. The minimum Gasteiger partial charge on any atom is -0.436 e. The maximum Gasteiger partial charge on any atom is 0.514 e. The van der Waals surface area contributed by atoms with Gasteiger partial charge < -0.3 is 41.6 Å². The van der Waals surface area contributed by atoms with Crippen LogP contribution in [0, 0.1) is 16.0 Å². The van der Waals surface area contributed by atoms with Crippen LogP contribution in [0.2, 0.25) is 0 Å². The fourth-order valence-electron chi connectivity index (χ4n) is 3.48. The van der Waals surface area contributed by atoms with Gasteiger partial charge in [0, 0.05) is 24.4 Å². The van der Waals surface area contributed by atoms with E-state index in [9.17, 15) is 34.1 Å². The second kappa shape index (κ2) is 16.0. The van der Waals surface area contributed by atoms with E-state index in [0.717, 1.165) is 0 Å². The van der Waals surface area contributed by atoms with E-state index in [1.807, 2.05) is 0 Å². The van der Waals surface area contributed by atoms with Crippen molar-refractivity contribution in [3.05, 3.63) is 64.2 Å². The van der Waals surface area contributed by atoms with Gasteiger partial charge in [-0.05, 0) is 48.6 Å². The lowest BCUT2D eigenvalue weighted by Gasteiger charge is -2.24. The molecule has 16 heteroatoms. The first-order chi connectivity index (χ1) is 19.8. The highest BCUT2D eigenvalue weighted by Gasteiger charge is 2.30. The van der Waals surface area contributed by atoms with Crippen LogP contribution >= 0.6 is 0 Å². The number of primary amides is 2. The molecular weight excluding hydrogens is 556 g/mol. The first kappa shape index (κ1) is 32.8. The lowest BCUT2D eigenvalue weighted by atomic mass is 10.0. The Kier molecular flexibility index (Phi) is 12.5. The van der Waals surface area contributed by atoms with Crippen LogP contribution < -0.4 is 32.2 Å². The van der Waals surface area contributed by atoms with E-state index in [-0.39, 0.29) is 37.4 Å². The molecule has 0 fully saturated rings. The highest BCUT2D eigenvalue weighted by Crippen LogP contribution is 2.18. The second-order valence-electron chi connectivity index (χ2n) is 9.17. The maximum absolute atomic E-state index is 13.0. The number of ether oxygens (including phenoxy) is 3. The van der Waals surface area contributed by atoms with Gasteiger partial charge in [0.2, 0.25) is 5.91 Å². The number of urea groups is 1. The summed E-state index contributed by atoms with van der Waals surface area (Å²) in [5.41, 5.74) is 10.9. The molecule has 16 nitrogen and oxygen atoms in total. The van der Waals surface area contributed by atoms with E-state index in [4.69, 9.17) is 25.7 Å². The maximum atomic E-state index is 13.0. The Bertz CT molecular complexity index is 1270. The highest BCUT2D eigenvalue weighted by atomic mass is 16.7. The number of carbonyl (C=O) groups is 5. The molecule has 0 aliphatic carbocycles. The largest absolute Gasteiger partial charge is 0.514 e. The van der Waals surface area contributed by atoms with Crippen molar-refractivity contribution in [1.29, 1.82) is 0 Å². The number of hydrogen-bond acceptors (Lipinski definition) is 10. The lowest BCUT2D eigenvalue weighted by Crippen LogP contribution is -2.50. The van der Waals surface area contributed by atoms with Crippen molar-refractivity contribution < 1.29 is 43.1 Å². The van der Waals surface area contributed by atoms with Crippen LogP contribution in [0.5, 0.6) is 5.75 Å². The number of nitrogens with two attached hydrogens (primary N) is 2. The number of anilines is 1. The summed E-state index contributed by atoms with van der Waals surface area (Å²) < 4.78 is 14.9. The number of rotatable bonds is 14. The van der Waals surface area contributed by atoms with E-state index in [2.05, 4.69) is 16.0 Å². The molecule has 226 valence electrons. The fraction of sp³-hybridized carbons (Fsp3) is 0.346. The third-order valence-corrected chi connectivity index (χ3v) is 5.54. The fourth-order valence-corrected chi connectivity index (χ4v) is 3.48. The van der Waals surface area contributed by atoms with Crippen LogP contribution in [0.15, 0.2) is 48.5 Å². The Hall–Kier alpha value is -5.41. The summed E-state index contributed by atoms with van der Waals surface area (Å²) in [6.07, 6.45) is -2.99. The summed E-state index contributed by atoms with van der Waals surface area (Å²) in [6, 6.07) is 9.31. The summed E-state index contributed by atoms with van der Waals surface area (Å²) in [5.74, 6) is -1.67. The zero-order chi connectivity index (χ0) is 31.2. The Labute approximate surface area is 240 Å². The first-order valence-electron chi connectivity index (χ1n) is 12.6. The van der Waals surface area contributed by atoms with E-state index in [1.165, 1.54) is 24.3 Å². The van der Waals surface area contributed by atoms with Crippen molar-refractivity contribution in [2.75, 3.05) is 11.9 Å². The van der Waals surface area contributed by atoms with Gasteiger partial charge in [-0.2, -0.15) is 0 Å². The summed E-state index contributed by atoms with van der Waals surface area (Å²) in [7, 11) is 0. The molecule has 0 saturated heterocycles. The molecule has 0 heterocycles. The molecule has 0 unspecified atom stereocenters. The summed E-state index contributed by atoms with van der Waals surface area (Å²) in [5, 5.41) is 18.3. The van der Waals surface area contributed by atoms with Crippen molar-refractivity contribution in [3.8, 4) is 5.75 Å².